The first kappa shape index (κ1) is 7.78. The molecule has 0 radical (unpaired) electrons. The molecule has 1 N–H and O–H groups in total. The molecule has 1 rings (SSSR count). The summed E-state index contributed by atoms with van der Waals surface area (Å²) in [6, 6.07) is 0. The second-order valence-corrected chi connectivity index (χ2v) is 2.30. The molecule has 0 aromatic carbocycles. The first-order valence-electron chi connectivity index (χ1n) is 3.41. The smallest absolute Gasteiger partial charge is 0.207 e. The number of imidazole rings is 1. The zero-order valence-corrected chi connectivity index (χ0v) is 7.00. The molecule has 0 aliphatic carbocycles. The van der Waals surface area contributed by atoms with E-state index in [9.17, 15) is 0 Å². The maximum atomic E-state index is 4.07. The Hall–Kier alpha value is -1.32. The first-order valence-corrected chi connectivity index (χ1v) is 3.41. The Balaban J connectivity index is 2.72. The van der Waals surface area contributed by atoms with E-state index in [-0.39, 0.29) is 0 Å². The average molecular weight is 152 g/mol. The van der Waals surface area contributed by atoms with Gasteiger partial charge in [-0.25, -0.2) is 4.98 Å². The van der Waals surface area contributed by atoms with Crippen LogP contribution in [0, 0.1) is 0 Å². The Morgan fingerprint density at radius 1 is 1.73 bits per heavy atom. The molecular weight excluding hydrogens is 140 g/mol. The van der Waals surface area contributed by atoms with Gasteiger partial charge >= 0.3 is 0 Å². The number of aromatic nitrogens is 2. The van der Waals surface area contributed by atoms with Crippen molar-refractivity contribution in [1.29, 1.82) is 0 Å². The van der Waals surface area contributed by atoms with Gasteiger partial charge in [-0.05, 0) is 6.92 Å². The van der Waals surface area contributed by atoms with Crippen LogP contribution in [0.2, 0.25) is 0 Å². The van der Waals surface area contributed by atoms with E-state index in [2.05, 4.69) is 15.3 Å². The number of anilines is 1. The van der Waals surface area contributed by atoms with Gasteiger partial charge < -0.3 is 9.88 Å². The van der Waals surface area contributed by atoms with Crippen LogP contribution >= 0.6 is 0 Å². The van der Waals surface area contributed by atoms with E-state index < -0.39 is 0 Å². The number of amidine groups is 1. The molecule has 0 amide bonds. The van der Waals surface area contributed by atoms with Crippen LogP contribution in [-0.2, 0) is 7.05 Å². The SMILES string of the molecule is CN=C(C)Nc1nccn1C. The van der Waals surface area contributed by atoms with Gasteiger partial charge in [-0.3, -0.25) is 4.99 Å². The fourth-order valence-corrected chi connectivity index (χ4v) is 0.704. The van der Waals surface area contributed by atoms with Gasteiger partial charge in [-0.1, -0.05) is 0 Å². The third-order valence-electron chi connectivity index (χ3n) is 1.45. The Bertz CT molecular complexity index is 261. The largest absolute Gasteiger partial charge is 0.320 e. The molecule has 1 aromatic rings. The minimum absolute atomic E-state index is 0.813. The normalized spacial score (nSPS) is 11.7. The predicted octanol–water partition coefficient (Wildman–Crippen LogP) is 0.880. The number of rotatable bonds is 1. The molecule has 1 heterocycles. The van der Waals surface area contributed by atoms with Crippen molar-refractivity contribution in [1.82, 2.24) is 9.55 Å². The Morgan fingerprint density at radius 3 is 2.91 bits per heavy atom. The lowest BCUT2D eigenvalue weighted by Gasteiger charge is -2.02. The maximum absolute atomic E-state index is 4.07. The number of hydrogen-bond donors (Lipinski definition) is 1. The summed E-state index contributed by atoms with van der Waals surface area (Å²) in [5.74, 6) is 1.67. The maximum Gasteiger partial charge on any atom is 0.207 e. The van der Waals surface area contributed by atoms with Crippen molar-refractivity contribution < 1.29 is 0 Å². The molecule has 0 atom stereocenters. The van der Waals surface area contributed by atoms with E-state index in [1.165, 1.54) is 0 Å². The minimum Gasteiger partial charge on any atom is -0.320 e. The first-order chi connectivity index (χ1) is 5.24. The Morgan fingerprint density at radius 2 is 2.45 bits per heavy atom. The van der Waals surface area contributed by atoms with Crippen molar-refractivity contribution in [3.8, 4) is 0 Å². The molecule has 0 saturated heterocycles. The molecule has 11 heavy (non-hydrogen) atoms. The Labute approximate surface area is 66.0 Å². The van der Waals surface area contributed by atoms with E-state index >= 15 is 0 Å². The van der Waals surface area contributed by atoms with Crippen molar-refractivity contribution in [2.75, 3.05) is 12.4 Å². The fraction of sp³-hybridized carbons (Fsp3) is 0.429. The molecule has 0 fully saturated rings. The van der Waals surface area contributed by atoms with Crippen LogP contribution in [0.1, 0.15) is 6.92 Å². The van der Waals surface area contributed by atoms with Crippen LogP contribution in [0.15, 0.2) is 17.4 Å². The summed E-state index contributed by atoms with van der Waals surface area (Å²) in [4.78, 5) is 8.03. The molecule has 60 valence electrons. The van der Waals surface area contributed by atoms with Crippen molar-refractivity contribution in [3.05, 3.63) is 12.4 Å². The van der Waals surface area contributed by atoms with Gasteiger partial charge in [-0.2, -0.15) is 0 Å². The highest BCUT2D eigenvalue weighted by atomic mass is 15.2. The van der Waals surface area contributed by atoms with Crippen LogP contribution in [-0.4, -0.2) is 22.4 Å². The zero-order valence-electron chi connectivity index (χ0n) is 7.00. The predicted molar refractivity (Wildman–Crippen MR) is 45.9 cm³/mol. The topological polar surface area (TPSA) is 42.2 Å². The van der Waals surface area contributed by atoms with Crippen LogP contribution in [0.5, 0.6) is 0 Å². The molecule has 0 unspecified atom stereocenters. The number of aryl methyl sites for hydroxylation is 1. The van der Waals surface area contributed by atoms with E-state index in [1.807, 2.05) is 24.7 Å². The molecule has 0 aliphatic heterocycles. The molecule has 0 saturated carbocycles. The summed E-state index contributed by atoms with van der Waals surface area (Å²) < 4.78 is 1.90. The van der Waals surface area contributed by atoms with E-state index in [0.717, 1.165) is 11.8 Å². The lowest BCUT2D eigenvalue weighted by Crippen LogP contribution is -2.10. The molecular formula is C7H12N4. The summed E-state index contributed by atoms with van der Waals surface area (Å²) in [7, 11) is 3.67. The van der Waals surface area contributed by atoms with Crippen molar-refractivity contribution in [2.45, 2.75) is 6.92 Å². The lowest BCUT2D eigenvalue weighted by molar-refractivity contribution is 0.926. The summed E-state index contributed by atoms with van der Waals surface area (Å²) >= 11 is 0. The lowest BCUT2D eigenvalue weighted by atomic mass is 10.6. The molecule has 0 aliphatic rings. The van der Waals surface area contributed by atoms with Gasteiger partial charge in [-0.15, -0.1) is 0 Å². The van der Waals surface area contributed by atoms with Crippen LogP contribution < -0.4 is 5.32 Å². The van der Waals surface area contributed by atoms with Gasteiger partial charge in [0.2, 0.25) is 5.95 Å². The fourth-order valence-electron chi connectivity index (χ4n) is 0.704. The van der Waals surface area contributed by atoms with Gasteiger partial charge in [0, 0.05) is 26.5 Å². The van der Waals surface area contributed by atoms with Crippen LogP contribution in [0.25, 0.3) is 0 Å². The molecule has 4 heteroatoms. The third kappa shape index (κ3) is 1.80. The van der Waals surface area contributed by atoms with Gasteiger partial charge in [0.1, 0.15) is 0 Å². The second kappa shape index (κ2) is 3.18. The number of hydrogen-bond acceptors (Lipinski definition) is 2. The monoisotopic (exact) mass is 152 g/mol. The summed E-state index contributed by atoms with van der Waals surface area (Å²) in [5.41, 5.74) is 0. The van der Waals surface area contributed by atoms with E-state index in [0.29, 0.717) is 0 Å². The quantitative estimate of drug-likeness (QED) is 0.479. The van der Waals surface area contributed by atoms with Gasteiger partial charge in [0.15, 0.2) is 0 Å². The van der Waals surface area contributed by atoms with Crippen molar-refractivity contribution in [2.24, 2.45) is 12.0 Å². The number of aliphatic imine (C=N–C) groups is 1. The number of nitrogens with one attached hydrogen (secondary N) is 1. The van der Waals surface area contributed by atoms with E-state index in [4.69, 9.17) is 0 Å². The average Bonchev–Trinajstić information content (AvgIpc) is 2.37. The zero-order chi connectivity index (χ0) is 8.27. The van der Waals surface area contributed by atoms with Crippen LogP contribution in [0.3, 0.4) is 0 Å². The van der Waals surface area contributed by atoms with E-state index in [1.54, 1.807) is 13.2 Å². The minimum atomic E-state index is 0.813. The van der Waals surface area contributed by atoms with Gasteiger partial charge in [0.25, 0.3) is 0 Å². The standard InChI is InChI=1S/C7H12N4/c1-6(8-2)10-7-9-4-5-11(7)3/h4-5H,1-3H3,(H,8,9,10). The molecule has 4 nitrogen and oxygen atoms in total. The Kier molecular flexibility index (Phi) is 2.25. The number of nitrogens with zero attached hydrogens (tertiary/aromatic N) is 3. The highest BCUT2D eigenvalue weighted by Gasteiger charge is 1.96. The highest BCUT2D eigenvalue weighted by Crippen LogP contribution is 1.99. The summed E-state index contributed by atoms with van der Waals surface area (Å²) in [5, 5.41) is 3.04. The molecule has 1 aromatic heterocycles. The van der Waals surface area contributed by atoms with Crippen molar-refractivity contribution >= 4 is 11.8 Å². The summed E-state index contributed by atoms with van der Waals surface area (Å²) in [6.07, 6.45) is 3.62. The third-order valence-corrected chi connectivity index (χ3v) is 1.45. The molecule has 0 spiro atoms. The highest BCUT2D eigenvalue weighted by molar-refractivity contribution is 5.91. The van der Waals surface area contributed by atoms with Crippen LogP contribution in [0.4, 0.5) is 5.95 Å². The summed E-state index contributed by atoms with van der Waals surface area (Å²) in [6.45, 7) is 1.90. The second-order valence-electron chi connectivity index (χ2n) is 2.30. The van der Waals surface area contributed by atoms with Gasteiger partial charge in [0.05, 0.1) is 5.84 Å². The molecule has 0 bridgehead atoms. The van der Waals surface area contributed by atoms with Crippen molar-refractivity contribution in [3.63, 3.8) is 0 Å².